The molecule has 2 aromatic heterocycles. The summed E-state index contributed by atoms with van der Waals surface area (Å²) in [5.41, 5.74) is 0.523. The first-order valence-corrected chi connectivity index (χ1v) is 7.15. The molecule has 0 aromatic carbocycles. The van der Waals surface area contributed by atoms with Crippen LogP contribution in [0.3, 0.4) is 0 Å². The second-order valence-corrected chi connectivity index (χ2v) is 6.28. The molecule has 2 rings (SSSR count). The maximum atomic E-state index is 11.7. The maximum Gasteiger partial charge on any atom is 0.277 e. The van der Waals surface area contributed by atoms with Gasteiger partial charge in [0, 0.05) is 5.54 Å². The molecular formula is C13H17N3O3S. The average Bonchev–Trinajstić information content (AvgIpc) is 2.92. The van der Waals surface area contributed by atoms with E-state index in [1.807, 2.05) is 27.7 Å². The van der Waals surface area contributed by atoms with Gasteiger partial charge in [0.15, 0.2) is 0 Å². The zero-order chi connectivity index (χ0) is 14.8. The van der Waals surface area contributed by atoms with Crippen molar-refractivity contribution < 1.29 is 13.6 Å². The molecule has 0 aliphatic carbocycles. The van der Waals surface area contributed by atoms with Crippen molar-refractivity contribution in [3.05, 3.63) is 18.1 Å². The minimum absolute atomic E-state index is 0.0678. The number of nitrogens with one attached hydrogen (secondary N) is 1. The van der Waals surface area contributed by atoms with Crippen LogP contribution in [-0.4, -0.2) is 27.4 Å². The van der Waals surface area contributed by atoms with Crippen molar-refractivity contribution in [2.45, 2.75) is 38.5 Å². The summed E-state index contributed by atoms with van der Waals surface area (Å²) in [7, 11) is 0. The van der Waals surface area contributed by atoms with Crippen LogP contribution in [0.15, 0.2) is 26.4 Å². The van der Waals surface area contributed by atoms with Crippen molar-refractivity contribution in [3.8, 4) is 11.5 Å². The molecule has 0 fully saturated rings. The van der Waals surface area contributed by atoms with E-state index in [9.17, 15) is 4.79 Å². The molecule has 1 N–H and O–H groups in total. The Morgan fingerprint density at radius 3 is 2.75 bits per heavy atom. The average molecular weight is 295 g/mol. The number of carbonyl (C=O) groups is 1. The maximum absolute atomic E-state index is 11.7. The molecule has 20 heavy (non-hydrogen) atoms. The van der Waals surface area contributed by atoms with Gasteiger partial charge in [-0.2, -0.15) is 0 Å². The fourth-order valence-corrected chi connectivity index (χ4v) is 2.13. The molecule has 0 aliphatic heterocycles. The monoisotopic (exact) mass is 295 g/mol. The van der Waals surface area contributed by atoms with Crippen LogP contribution in [0, 0.1) is 6.92 Å². The lowest BCUT2D eigenvalue weighted by Gasteiger charge is -2.19. The topological polar surface area (TPSA) is 81.2 Å². The smallest absolute Gasteiger partial charge is 0.277 e. The molecule has 0 spiro atoms. The predicted octanol–water partition coefficient (Wildman–Crippen LogP) is 2.64. The molecule has 0 saturated carbocycles. The van der Waals surface area contributed by atoms with Crippen LogP contribution in [0.25, 0.3) is 11.5 Å². The molecule has 7 heteroatoms. The summed E-state index contributed by atoms with van der Waals surface area (Å²) >= 11 is 1.21. The zero-order valence-corrected chi connectivity index (χ0v) is 12.7. The lowest BCUT2D eigenvalue weighted by Crippen LogP contribution is -2.41. The molecule has 0 unspecified atom stereocenters. The van der Waals surface area contributed by atoms with Crippen LogP contribution < -0.4 is 5.32 Å². The van der Waals surface area contributed by atoms with E-state index in [0.717, 1.165) is 11.3 Å². The first-order chi connectivity index (χ1) is 9.35. The Hall–Kier alpha value is -1.76. The molecule has 0 aliphatic rings. The van der Waals surface area contributed by atoms with Gasteiger partial charge in [0.1, 0.15) is 5.76 Å². The number of nitrogens with zero attached hydrogens (tertiary/aromatic N) is 2. The number of amides is 1. The van der Waals surface area contributed by atoms with Crippen molar-refractivity contribution in [1.29, 1.82) is 0 Å². The lowest BCUT2D eigenvalue weighted by atomic mass is 10.1. The third-order valence-corrected chi connectivity index (χ3v) is 3.16. The van der Waals surface area contributed by atoms with Crippen molar-refractivity contribution in [2.75, 3.05) is 5.75 Å². The summed E-state index contributed by atoms with van der Waals surface area (Å²) in [6, 6.07) is 1.77. The van der Waals surface area contributed by atoms with Gasteiger partial charge in [-0.05, 0) is 33.8 Å². The van der Waals surface area contributed by atoms with E-state index in [0.29, 0.717) is 11.1 Å². The number of carbonyl (C=O) groups excluding carboxylic acids is 1. The number of thioether (sulfide) groups is 1. The van der Waals surface area contributed by atoms with Crippen LogP contribution in [-0.2, 0) is 4.79 Å². The Kier molecular flexibility index (Phi) is 4.17. The molecule has 108 valence electrons. The normalized spacial score (nSPS) is 11.6. The second-order valence-electron chi connectivity index (χ2n) is 5.35. The summed E-state index contributed by atoms with van der Waals surface area (Å²) in [5.74, 6) is 1.29. The van der Waals surface area contributed by atoms with Gasteiger partial charge in [0.25, 0.3) is 11.1 Å². The Balaban J connectivity index is 1.94. The first kappa shape index (κ1) is 14.6. The Bertz CT molecular complexity index is 598. The van der Waals surface area contributed by atoms with E-state index >= 15 is 0 Å². The zero-order valence-electron chi connectivity index (χ0n) is 11.9. The number of hydrogen-bond acceptors (Lipinski definition) is 6. The molecule has 2 aromatic rings. The highest BCUT2D eigenvalue weighted by Crippen LogP contribution is 2.26. The van der Waals surface area contributed by atoms with Crippen LogP contribution in [0.4, 0.5) is 0 Å². The van der Waals surface area contributed by atoms with E-state index in [1.54, 1.807) is 12.3 Å². The quantitative estimate of drug-likeness (QED) is 0.873. The summed E-state index contributed by atoms with van der Waals surface area (Å²) in [6.45, 7) is 7.62. The van der Waals surface area contributed by atoms with Crippen molar-refractivity contribution in [1.82, 2.24) is 15.5 Å². The van der Waals surface area contributed by atoms with E-state index in [4.69, 9.17) is 8.83 Å². The number of aryl methyl sites for hydroxylation is 1. The second kappa shape index (κ2) is 5.70. The molecule has 0 bridgehead atoms. The summed E-state index contributed by atoms with van der Waals surface area (Å²) in [5, 5.41) is 11.1. The minimum Gasteiger partial charge on any atom is -0.469 e. The highest BCUT2D eigenvalue weighted by molar-refractivity contribution is 7.99. The van der Waals surface area contributed by atoms with Crippen molar-refractivity contribution >= 4 is 17.7 Å². The van der Waals surface area contributed by atoms with Gasteiger partial charge >= 0.3 is 0 Å². The van der Waals surface area contributed by atoms with Gasteiger partial charge in [-0.25, -0.2) is 0 Å². The van der Waals surface area contributed by atoms with Gasteiger partial charge in [-0.3, -0.25) is 4.79 Å². The molecular weight excluding hydrogens is 278 g/mol. The van der Waals surface area contributed by atoms with Gasteiger partial charge in [0.05, 0.1) is 17.6 Å². The van der Waals surface area contributed by atoms with Crippen LogP contribution >= 0.6 is 11.8 Å². The largest absolute Gasteiger partial charge is 0.469 e. The highest BCUT2D eigenvalue weighted by Gasteiger charge is 2.16. The molecule has 2 heterocycles. The van der Waals surface area contributed by atoms with Crippen LogP contribution in [0.5, 0.6) is 0 Å². The molecule has 6 nitrogen and oxygen atoms in total. The summed E-state index contributed by atoms with van der Waals surface area (Å²) in [4.78, 5) is 11.7. The summed E-state index contributed by atoms with van der Waals surface area (Å²) in [6.07, 6.45) is 1.57. The van der Waals surface area contributed by atoms with E-state index in [-0.39, 0.29) is 17.2 Å². The molecule has 1 amide bonds. The molecule has 0 saturated heterocycles. The fraction of sp³-hybridized carbons (Fsp3) is 0.462. The summed E-state index contributed by atoms with van der Waals surface area (Å²) < 4.78 is 10.7. The van der Waals surface area contributed by atoms with Gasteiger partial charge in [0.2, 0.25) is 5.91 Å². The Labute approximate surface area is 121 Å². The Morgan fingerprint density at radius 2 is 2.15 bits per heavy atom. The third kappa shape index (κ3) is 3.86. The fourth-order valence-electron chi connectivity index (χ4n) is 1.57. The minimum atomic E-state index is -0.244. The number of rotatable bonds is 4. The number of furan rings is 1. The predicted molar refractivity (Wildman–Crippen MR) is 75.4 cm³/mol. The van der Waals surface area contributed by atoms with Crippen molar-refractivity contribution in [3.63, 3.8) is 0 Å². The Morgan fingerprint density at radius 1 is 1.40 bits per heavy atom. The SMILES string of the molecule is Cc1occc1-c1nnc(SCC(=O)NC(C)(C)C)o1. The highest BCUT2D eigenvalue weighted by atomic mass is 32.2. The van der Waals surface area contributed by atoms with Crippen LogP contribution in [0.2, 0.25) is 0 Å². The molecule has 0 atom stereocenters. The van der Waals surface area contributed by atoms with Gasteiger partial charge in [-0.1, -0.05) is 11.8 Å². The third-order valence-electron chi connectivity index (χ3n) is 2.34. The molecule has 0 radical (unpaired) electrons. The first-order valence-electron chi connectivity index (χ1n) is 6.17. The number of hydrogen-bond donors (Lipinski definition) is 1. The van der Waals surface area contributed by atoms with Crippen molar-refractivity contribution in [2.24, 2.45) is 0 Å². The lowest BCUT2D eigenvalue weighted by molar-refractivity contribution is -0.119. The van der Waals surface area contributed by atoms with Gasteiger partial charge in [-0.15, -0.1) is 10.2 Å². The van der Waals surface area contributed by atoms with E-state index < -0.39 is 0 Å². The van der Waals surface area contributed by atoms with Gasteiger partial charge < -0.3 is 14.2 Å². The van der Waals surface area contributed by atoms with E-state index in [1.165, 1.54) is 11.8 Å². The van der Waals surface area contributed by atoms with Crippen LogP contribution in [0.1, 0.15) is 26.5 Å². The number of aromatic nitrogens is 2. The van der Waals surface area contributed by atoms with E-state index in [2.05, 4.69) is 15.5 Å². The standard InChI is InChI=1S/C13H17N3O3S/c1-8-9(5-6-18-8)11-15-16-12(19-11)20-7-10(17)14-13(2,3)4/h5-6H,7H2,1-4H3,(H,14,17).